The summed E-state index contributed by atoms with van der Waals surface area (Å²) in [4.78, 5) is 16.5. The Morgan fingerprint density at radius 2 is 1.65 bits per heavy atom. The van der Waals surface area contributed by atoms with Crippen LogP contribution >= 0.6 is 34.5 Å². The van der Waals surface area contributed by atoms with Crippen LogP contribution in [0.5, 0.6) is 0 Å². The van der Waals surface area contributed by atoms with Gasteiger partial charge in [-0.3, -0.25) is 4.79 Å². The third kappa shape index (κ3) is 3.42. The minimum absolute atomic E-state index is 0.0770. The number of amides is 1. The number of thiophene rings is 1. The molecule has 26 heavy (non-hydrogen) atoms. The molecule has 0 N–H and O–H groups in total. The van der Waals surface area contributed by atoms with Crippen LogP contribution in [-0.2, 0) is 0 Å². The molecule has 0 aromatic carbocycles. The summed E-state index contributed by atoms with van der Waals surface area (Å²) in [5.74, 6) is 1.51. The van der Waals surface area contributed by atoms with E-state index in [-0.39, 0.29) is 5.91 Å². The molecule has 0 aliphatic carbocycles. The third-order valence-electron chi connectivity index (χ3n) is 4.28. The molecule has 6 nitrogen and oxygen atoms in total. The number of rotatable bonds is 3. The van der Waals surface area contributed by atoms with Gasteiger partial charge in [0.25, 0.3) is 5.91 Å². The molecule has 0 saturated carbocycles. The Hall–Kier alpha value is -2.09. The van der Waals surface area contributed by atoms with E-state index in [0.29, 0.717) is 40.4 Å². The van der Waals surface area contributed by atoms with Crippen molar-refractivity contribution < 1.29 is 4.79 Å². The molecular weight excluding hydrogens is 393 g/mol. The highest BCUT2D eigenvalue weighted by molar-refractivity contribution is 7.20. The molecule has 1 aliphatic heterocycles. The zero-order chi connectivity index (χ0) is 18.1. The number of carbonyl (C=O) groups excluding carboxylic acids is 1. The van der Waals surface area contributed by atoms with E-state index in [0.717, 1.165) is 11.6 Å². The molecule has 1 amide bonds. The predicted octanol–water partition coefficient (Wildman–Crippen LogP) is 3.60. The van der Waals surface area contributed by atoms with E-state index in [1.807, 2.05) is 41.2 Å². The molecule has 3 aromatic rings. The molecule has 134 valence electrons. The second-order valence-corrected chi connectivity index (χ2v) is 8.14. The van der Waals surface area contributed by atoms with Crippen LogP contribution < -0.4 is 4.90 Å². The first-order valence-electron chi connectivity index (χ1n) is 8.08. The number of hydrogen-bond acceptors (Lipinski definition) is 5. The minimum atomic E-state index is -0.0770. The Morgan fingerprint density at radius 1 is 1.00 bits per heavy atom. The molecule has 4 heterocycles. The summed E-state index contributed by atoms with van der Waals surface area (Å²) in [7, 11) is 0. The highest BCUT2D eigenvalue weighted by atomic mass is 35.5. The molecule has 0 bridgehead atoms. The second kappa shape index (κ2) is 7.26. The molecular formula is C17H15Cl2N5OS. The van der Waals surface area contributed by atoms with Crippen molar-refractivity contribution in [2.45, 2.75) is 0 Å². The van der Waals surface area contributed by atoms with Gasteiger partial charge >= 0.3 is 0 Å². The average Bonchev–Trinajstić information content (AvgIpc) is 3.31. The summed E-state index contributed by atoms with van der Waals surface area (Å²) >= 11 is 13.2. The van der Waals surface area contributed by atoms with Crippen LogP contribution in [0.25, 0.3) is 5.82 Å². The maximum absolute atomic E-state index is 12.6. The van der Waals surface area contributed by atoms with E-state index in [4.69, 9.17) is 23.2 Å². The molecule has 9 heteroatoms. The van der Waals surface area contributed by atoms with Crippen molar-refractivity contribution in [2.75, 3.05) is 31.1 Å². The van der Waals surface area contributed by atoms with E-state index < -0.39 is 0 Å². The van der Waals surface area contributed by atoms with Crippen LogP contribution in [-0.4, -0.2) is 51.8 Å². The van der Waals surface area contributed by atoms with Crippen LogP contribution in [0, 0.1) is 0 Å². The largest absolute Gasteiger partial charge is 0.352 e. The van der Waals surface area contributed by atoms with Crippen molar-refractivity contribution in [1.29, 1.82) is 0 Å². The van der Waals surface area contributed by atoms with Gasteiger partial charge in [-0.15, -0.1) is 21.5 Å². The van der Waals surface area contributed by atoms with Crippen molar-refractivity contribution in [3.8, 4) is 5.82 Å². The first kappa shape index (κ1) is 17.3. The number of halogens is 2. The van der Waals surface area contributed by atoms with Gasteiger partial charge < -0.3 is 14.4 Å². The van der Waals surface area contributed by atoms with Gasteiger partial charge in [0.2, 0.25) is 0 Å². The fourth-order valence-electron chi connectivity index (χ4n) is 2.91. The normalized spacial score (nSPS) is 14.7. The van der Waals surface area contributed by atoms with Gasteiger partial charge in [-0.05, 0) is 30.3 Å². The van der Waals surface area contributed by atoms with E-state index in [2.05, 4.69) is 15.1 Å². The molecule has 3 aromatic heterocycles. The van der Waals surface area contributed by atoms with Crippen molar-refractivity contribution in [1.82, 2.24) is 19.7 Å². The monoisotopic (exact) mass is 407 g/mol. The Kier molecular flexibility index (Phi) is 4.84. The van der Waals surface area contributed by atoms with E-state index in [9.17, 15) is 4.79 Å². The number of aromatic nitrogens is 3. The quantitative estimate of drug-likeness (QED) is 0.665. The van der Waals surface area contributed by atoms with Crippen LogP contribution in [0.1, 0.15) is 10.4 Å². The van der Waals surface area contributed by atoms with Gasteiger partial charge in [-0.25, -0.2) is 0 Å². The predicted molar refractivity (Wildman–Crippen MR) is 104 cm³/mol. The van der Waals surface area contributed by atoms with Crippen LogP contribution in [0.2, 0.25) is 8.67 Å². The maximum atomic E-state index is 12.6. The second-order valence-electron chi connectivity index (χ2n) is 5.86. The van der Waals surface area contributed by atoms with Gasteiger partial charge in [0, 0.05) is 38.6 Å². The van der Waals surface area contributed by atoms with Gasteiger partial charge in [0.1, 0.15) is 4.34 Å². The molecule has 0 atom stereocenters. The molecule has 4 rings (SSSR count). The maximum Gasteiger partial charge on any atom is 0.256 e. The Morgan fingerprint density at radius 3 is 2.23 bits per heavy atom. The summed E-state index contributed by atoms with van der Waals surface area (Å²) in [6.07, 6.45) is 3.85. The van der Waals surface area contributed by atoms with E-state index in [1.165, 1.54) is 11.3 Å². The van der Waals surface area contributed by atoms with Crippen LogP contribution in [0.15, 0.2) is 42.7 Å². The lowest BCUT2D eigenvalue weighted by atomic mass is 10.2. The van der Waals surface area contributed by atoms with E-state index in [1.54, 1.807) is 11.0 Å². The summed E-state index contributed by atoms with van der Waals surface area (Å²) < 4.78 is 2.87. The van der Waals surface area contributed by atoms with Crippen LogP contribution in [0.4, 0.5) is 5.82 Å². The van der Waals surface area contributed by atoms with Gasteiger partial charge in [0.05, 0.1) is 9.90 Å². The number of piperazine rings is 1. The summed E-state index contributed by atoms with van der Waals surface area (Å²) in [5, 5.41) is 8.59. The third-order valence-corrected chi connectivity index (χ3v) is 5.77. The zero-order valence-electron chi connectivity index (χ0n) is 13.7. The van der Waals surface area contributed by atoms with Crippen LogP contribution in [0.3, 0.4) is 0 Å². The number of nitrogens with zero attached hydrogens (tertiary/aromatic N) is 5. The van der Waals surface area contributed by atoms with Gasteiger partial charge in [0.15, 0.2) is 11.6 Å². The fourth-order valence-corrected chi connectivity index (χ4v) is 4.35. The first-order chi connectivity index (χ1) is 12.6. The smallest absolute Gasteiger partial charge is 0.256 e. The number of hydrogen-bond donors (Lipinski definition) is 0. The standard InChI is InChI=1S/C17H15Cl2N5OS/c18-13-11-12(16(19)26-13)17(25)24-9-7-23(8-10-24)15-4-3-14(20-21-15)22-5-1-2-6-22/h1-6,11H,7-10H2. The molecule has 1 fully saturated rings. The summed E-state index contributed by atoms with van der Waals surface area (Å²) in [6, 6.07) is 9.41. The lowest BCUT2D eigenvalue weighted by molar-refractivity contribution is 0.0747. The lowest BCUT2D eigenvalue weighted by Gasteiger charge is -2.35. The Bertz CT molecular complexity index is 902. The highest BCUT2D eigenvalue weighted by Gasteiger charge is 2.25. The summed E-state index contributed by atoms with van der Waals surface area (Å²) in [6.45, 7) is 2.59. The van der Waals surface area contributed by atoms with E-state index >= 15 is 0 Å². The SMILES string of the molecule is O=C(c1cc(Cl)sc1Cl)N1CCN(c2ccc(-n3cccc3)nn2)CC1. The van der Waals surface area contributed by atoms with Crippen molar-refractivity contribution >= 4 is 46.3 Å². The molecule has 0 unspecified atom stereocenters. The zero-order valence-corrected chi connectivity index (χ0v) is 16.0. The Labute approximate surface area is 164 Å². The molecule has 1 saturated heterocycles. The molecule has 0 spiro atoms. The Balaban J connectivity index is 1.40. The lowest BCUT2D eigenvalue weighted by Crippen LogP contribution is -2.49. The van der Waals surface area contributed by atoms with Crippen molar-refractivity contribution in [3.05, 3.63) is 57.0 Å². The molecule has 1 aliphatic rings. The van der Waals surface area contributed by atoms with Crippen molar-refractivity contribution in [2.24, 2.45) is 0 Å². The number of anilines is 1. The average molecular weight is 408 g/mol. The molecule has 0 radical (unpaired) electrons. The summed E-state index contributed by atoms with van der Waals surface area (Å²) in [5.41, 5.74) is 0.478. The first-order valence-corrected chi connectivity index (χ1v) is 9.65. The topological polar surface area (TPSA) is 54.3 Å². The minimum Gasteiger partial charge on any atom is -0.352 e. The van der Waals surface area contributed by atoms with Gasteiger partial charge in [-0.2, -0.15) is 0 Å². The fraction of sp³-hybridized carbons (Fsp3) is 0.235. The van der Waals surface area contributed by atoms with Gasteiger partial charge in [-0.1, -0.05) is 23.2 Å². The number of carbonyl (C=O) groups is 1. The van der Waals surface area contributed by atoms with Crippen molar-refractivity contribution in [3.63, 3.8) is 0 Å². The highest BCUT2D eigenvalue weighted by Crippen LogP contribution is 2.32.